The highest BCUT2D eigenvalue weighted by Gasteiger charge is 2.20. The SMILES string of the molecule is C=CCn1c(SCC(=O)Nc2ccccc2F)nnc1[C@H](C)NC(=O)c1ccc(Cl)cc1. The van der Waals surface area contributed by atoms with E-state index in [-0.39, 0.29) is 23.3 Å². The van der Waals surface area contributed by atoms with Crippen LogP contribution in [0.1, 0.15) is 29.1 Å². The van der Waals surface area contributed by atoms with E-state index in [4.69, 9.17) is 11.6 Å². The standard InChI is InChI=1S/C22H21ClFN5O2S/c1-3-12-29-20(14(2)25-21(31)15-8-10-16(23)11-9-15)27-28-22(29)32-13-19(30)26-18-7-5-4-6-17(18)24/h3-11,14H,1,12-13H2,2H3,(H,25,31)(H,26,30)/t14-/m0/s1. The van der Waals surface area contributed by atoms with Gasteiger partial charge in [-0.2, -0.15) is 0 Å². The molecule has 166 valence electrons. The number of thioether (sulfide) groups is 1. The lowest BCUT2D eigenvalue weighted by atomic mass is 10.2. The first kappa shape index (κ1) is 23.5. The third-order valence-electron chi connectivity index (χ3n) is 4.38. The topological polar surface area (TPSA) is 88.9 Å². The molecule has 0 unspecified atom stereocenters. The molecule has 2 aromatic carbocycles. The van der Waals surface area contributed by atoms with Crippen molar-refractivity contribution in [3.05, 3.63) is 83.4 Å². The van der Waals surface area contributed by atoms with E-state index in [0.29, 0.717) is 28.1 Å². The van der Waals surface area contributed by atoms with Gasteiger partial charge in [-0.1, -0.05) is 41.6 Å². The van der Waals surface area contributed by atoms with Crippen LogP contribution in [-0.4, -0.2) is 32.3 Å². The zero-order valence-electron chi connectivity index (χ0n) is 17.2. The summed E-state index contributed by atoms with van der Waals surface area (Å²) in [5.74, 6) is -0.633. The number of aromatic nitrogens is 3. The number of benzene rings is 2. The fraction of sp³-hybridized carbons (Fsp3) is 0.182. The molecule has 2 N–H and O–H groups in total. The first-order valence-corrected chi connectivity index (χ1v) is 11.0. The van der Waals surface area contributed by atoms with Crippen molar-refractivity contribution in [1.29, 1.82) is 0 Å². The van der Waals surface area contributed by atoms with E-state index in [1.54, 1.807) is 54.0 Å². The van der Waals surface area contributed by atoms with Crippen LogP contribution in [-0.2, 0) is 11.3 Å². The number of halogens is 2. The number of nitrogens with zero attached hydrogens (tertiary/aromatic N) is 3. The van der Waals surface area contributed by atoms with Gasteiger partial charge in [-0.3, -0.25) is 9.59 Å². The monoisotopic (exact) mass is 473 g/mol. The van der Waals surface area contributed by atoms with Crippen LogP contribution in [0.15, 0.2) is 66.3 Å². The molecule has 0 aliphatic carbocycles. The lowest BCUT2D eigenvalue weighted by Crippen LogP contribution is -2.28. The first-order valence-electron chi connectivity index (χ1n) is 9.66. The maximum Gasteiger partial charge on any atom is 0.251 e. The van der Waals surface area contributed by atoms with Crippen molar-refractivity contribution >= 4 is 40.9 Å². The van der Waals surface area contributed by atoms with Crippen LogP contribution in [0.5, 0.6) is 0 Å². The molecule has 1 heterocycles. The van der Waals surface area contributed by atoms with Gasteiger partial charge in [0.25, 0.3) is 5.91 Å². The van der Waals surface area contributed by atoms with Crippen molar-refractivity contribution in [3.8, 4) is 0 Å². The molecule has 3 aromatic rings. The maximum atomic E-state index is 13.7. The number of hydrogen-bond donors (Lipinski definition) is 2. The fourth-order valence-electron chi connectivity index (χ4n) is 2.85. The zero-order valence-corrected chi connectivity index (χ0v) is 18.8. The molecular weight excluding hydrogens is 453 g/mol. The molecule has 0 radical (unpaired) electrons. The number of amides is 2. The van der Waals surface area contributed by atoms with Crippen LogP contribution in [0.4, 0.5) is 10.1 Å². The Balaban J connectivity index is 1.66. The highest BCUT2D eigenvalue weighted by Crippen LogP contribution is 2.22. The molecule has 0 aliphatic heterocycles. The molecule has 0 aliphatic rings. The minimum absolute atomic E-state index is 0.00905. The lowest BCUT2D eigenvalue weighted by Gasteiger charge is -2.15. The Labute approximate surface area is 194 Å². The van der Waals surface area contributed by atoms with Crippen molar-refractivity contribution in [2.24, 2.45) is 0 Å². The molecule has 0 spiro atoms. The number of nitrogens with one attached hydrogen (secondary N) is 2. The van der Waals surface area contributed by atoms with Gasteiger partial charge in [0, 0.05) is 17.1 Å². The number of anilines is 1. The molecular formula is C22H21ClFN5O2S. The molecule has 1 aromatic heterocycles. The van der Waals surface area contributed by atoms with Gasteiger partial charge in [-0.25, -0.2) is 4.39 Å². The number of rotatable bonds is 9. The minimum Gasteiger partial charge on any atom is -0.342 e. The summed E-state index contributed by atoms with van der Waals surface area (Å²) in [5, 5.41) is 14.8. The van der Waals surface area contributed by atoms with E-state index in [1.807, 2.05) is 0 Å². The molecule has 0 saturated heterocycles. The molecule has 0 bridgehead atoms. The number of allylic oxidation sites excluding steroid dienone is 1. The summed E-state index contributed by atoms with van der Waals surface area (Å²) in [6.45, 7) is 5.93. The second-order valence-corrected chi connectivity index (χ2v) is 8.14. The Morgan fingerprint density at radius 1 is 1.22 bits per heavy atom. The summed E-state index contributed by atoms with van der Waals surface area (Å²) in [6, 6.07) is 12.0. The van der Waals surface area contributed by atoms with Crippen LogP contribution in [0.3, 0.4) is 0 Å². The second kappa shape index (κ2) is 10.9. The molecule has 32 heavy (non-hydrogen) atoms. The van der Waals surface area contributed by atoms with Crippen molar-refractivity contribution in [2.45, 2.75) is 24.7 Å². The molecule has 3 rings (SSSR count). The third kappa shape index (κ3) is 5.95. The maximum absolute atomic E-state index is 13.7. The van der Waals surface area contributed by atoms with Crippen molar-refractivity contribution in [1.82, 2.24) is 20.1 Å². The third-order valence-corrected chi connectivity index (χ3v) is 5.60. The van der Waals surface area contributed by atoms with Crippen molar-refractivity contribution in [3.63, 3.8) is 0 Å². The lowest BCUT2D eigenvalue weighted by molar-refractivity contribution is -0.113. The summed E-state index contributed by atoms with van der Waals surface area (Å²) >= 11 is 7.02. The van der Waals surface area contributed by atoms with E-state index in [9.17, 15) is 14.0 Å². The molecule has 10 heteroatoms. The number of hydrogen-bond acceptors (Lipinski definition) is 5. The Bertz CT molecular complexity index is 1120. The molecule has 0 saturated carbocycles. The molecule has 2 amide bonds. The van der Waals surface area contributed by atoms with Gasteiger partial charge in [-0.05, 0) is 43.3 Å². The second-order valence-electron chi connectivity index (χ2n) is 6.76. The van der Waals surface area contributed by atoms with Gasteiger partial charge in [0.15, 0.2) is 11.0 Å². The van der Waals surface area contributed by atoms with E-state index >= 15 is 0 Å². The van der Waals surface area contributed by atoms with Crippen LogP contribution in [0.25, 0.3) is 0 Å². The number of para-hydroxylation sites is 1. The van der Waals surface area contributed by atoms with Crippen molar-refractivity contribution < 1.29 is 14.0 Å². The minimum atomic E-state index is -0.506. The molecule has 1 atom stereocenters. The molecule has 7 nitrogen and oxygen atoms in total. The summed E-state index contributed by atoms with van der Waals surface area (Å²) in [5.41, 5.74) is 0.584. The highest BCUT2D eigenvalue weighted by molar-refractivity contribution is 7.99. The zero-order chi connectivity index (χ0) is 23.1. The van der Waals surface area contributed by atoms with E-state index < -0.39 is 11.9 Å². The van der Waals surface area contributed by atoms with Crippen LogP contribution in [0.2, 0.25) is 5.02 Å². The summed E-state index contributed by atoms with van der Waals surface area (Å²) < 4.78 is 15.5. The quantitative estimate of drug-likeness (QED) is 0.353. The largest absolute Gasteiger partial charge is 0.342 e. The normalized spacial score (nSPS) is 11.6. The summed E-state index contributed by atoms with van der Waals surface area (Å²) in [4.78, 5) is 24.7. The van der Waals surface area contributed by atoms with E-state index in [2.05, 4.69) is 27.4 Å². The van der Waals surface area contributed by atoms with Crippen LogP contribution >= 0.6 is 23.4 Å². The Morgan fingerprint density at radius 2 is 1.94 bits per heavy atom. The van der Waals surface area contributed by atoms with Crippen LogP contribution in [0, 0.1) is 5.82 Å². The van der Waals surface area contributed by atoms with Gasteiger partial charge >= 0.3 is 0 Å². The van der Waals surface area contributed by atoms with Crippen LogP contribution < -0.4 is 10.6 Å². The van der Waals surface area contributed by atoms with Gasteiger partial charge in [0.2, 0.25) is 5.91 Å². The average Bonchev–Trinajstić information content (AvgIpc) is 3.17. The Hall–Kier alpha value is -3.17. The van der Waals surface area contributed by atoms with Gasteiger partial charge in [0.05, 0.1) is 17.5 Å². The Morgan fingerprint density at radius 3 is 2.62 bits per heavy atom. The van der Waals surface area contributed by atoms with E-state index in [1.165, 1.54) is 12.1 Å². The highest BCUT2D eigenvalue weighted by atomic mass is 35.5. The van der Waals surface area contributed by atoms with Gasteiger partial charge < -0.3 is 15.2 Å². The average molecular weight is 474 g/mol. The smallest absolute Gasteiger partial charge is 0.251 e. The Kier molecular flexibility index (Phi) is 8.02. The molecule has 0 fully saturated rings. The predicted molar refractivity (Wildman–Crippen MR) is 123 cm³/mol. The van der Waals surface area contributed by atoms with E-state index in [0.717, 1.165) is 11.8 Å². The van der Waals surface area contributed by atoms with Gasteiger partial charge in [0.1, 0.15) is 5.82 Å². The fourth-order valence-corrected chi connectivity index (χ4v) is 3.73. The first-order chi connectivity index (χ1) is 15.4. The summed E-state index contributed by atoms with van der Waals surface area (Å²) in [6.07, 6.45) is 1.67. The van der Waals surface area contributed by atoms with Gasteiger partial charge in [-0.15, -0.1) is 16.8 Å². The summed E-state index contributed by atoms with van der Waals surface area (Å²) in [7, 11) is 0. The van der Waals surface area contributed by atoms with Crippen molar-refractivity contribution in [2.75, 3.05) is 11.1 Å². The predicted octanol–water partition coefficient (Wildman–Crippen LogP) is 4.48. The number of carbonyl (C=O) groups excluding carboxylic acids is 2. The number of carbonyl (C=O) groups is 2.